The number of anilines is 1. The fourth-order valence-electron chi connectivity index (χ4n) is 3.10. The zero-order valence-electron chi connectivity index (χ0n) is 14.9. The molecule has 0 unspecified atom stereocenters. The van der Waals surface area contributed by atoms with Gasteiger partial charge in [0.25, 0.3) is 5.69 Å². The van der Waals surface area contributed by atoms with Crippen molar-refractivity contribution in [3.8, 4) is 0 Å². The van der Waals surface area contributed by atoms with E-state index >= 15 is 0 Å². The third kappa shape index (κ3) is 5.59. The van der Waals surface area contributed by atoms with E-state index in [4.69, 9.17) is 0 Å². The van der Waals surface area contributed by atoms with Gasteiger partial charge in [0.05, 0.1) is 23.5 Å². The lowest BCUT2D eigenvalue weighted by molar-refractivity contribution is -0.384. The van der Waals surface area contributed by atoms with E-state index in [1.165, 1.54) is 0 Å². The molecule has 0 aliphatic carbocycles. The molecule has 1 fully saturated rings. The number of aryl methyl sites for hydroxylation is 1. The van der Waals surface area contributed by atoms with Crippen LogP contribution in [0.3, 0.4) is 0 Å². The summed E-state index contributed by atoms with van der Waals surface area (Å²) in [6, 6.07) is 6.83. The number of nitro benzene ring substituents is 1. The molecule has 0 saturated carbocycles. The largest absolute Gasteiger partial charge is 0.372 e. The van der Waals surface area contributed by atoms with Crippen molar-refractivity contribution >= 4 is 11.4 Å². The fraction of sp³-hybridized carbons (Fsp3) is 0.412. The lowest BCUT2D eigenvalue weighted by Gasteiger charge is -2.33. The Kier molecular flexibility index (Phi) is 6.45. The van der Waals surface area contributed by atoms with Gasteiger partial charge in [0.2, 0.25) is 0 Å². The summed E-state index contributed by atoms with van der Waals surface area (Å²) in [6.45, 7) is 2.92. The maximum atomic E-state index is 10.7. The van der Waals surface area contributed by atoms with Gasteiger partial charge >= 0.3 is 0 Å². The van der Waals surface area contributed by atoms with Crippen LogP contribution in [0.15, 0.2) is 49.1 Å². The number of nitrogens with one attached hydrogen (secondary N) is 1. The van der Waals surface area contributed by atoms with E-state index in [-0.39, 0.29) is 10.6 Å². The Morgan fingerprint density at radius 2 is 1.81 bits per heavy atom. The Balaban J connectivity index is 0.000000364. The Morgan fingerprint density at radius 3 is 2.33 bits per heavy atom. The number of rotatable bonds is 5. The number of aromatic amines is 1. The SMILES string of the molecule is O=[N+]([O-])c1ccc(N2CCC(CCn3ccnn3)CC2)cc1.c1cn[nH]n1. The first-order valence-electron chi connectivity index (χ1n) is 8.85. The zero-order chi connectivity index (χ0) is 18.9. The summed E-state index contributed by atoms with van der Waals surface area (Å²) < 4.78 is 1.88. The van der Waals surface area contributed by atoms with Gasteiger partial charge in [-0.2, -0.15) is 15.4 Å². The quantitative estimate of drug-likeness (QED) is 0.540. The maximum absolute atomic E-state index is 10.7. The number of H-pyrrole nitrogens is 1. The average Bonchev–Trinajstić information content (AvgIpc) is 3.43. The van der Waals surface area contributed by atoms with Crippen molar-refractivity contribution in [2.45, 2.75) is 25.8 Å². The van der Waals surface area contributed by atoms with Crippen molar-refractivity contribution in [2.24, 2.45) is 5.92 Å². The van der Waals surface area contributed by atoms with Gasteiger partial charge in [-0.05, 0) is 37.3 Å². The zero-order valence-corrected chi connectivity index (χ0v) is 14.9. The summed E-state index contributed by atoms with van der Waals surface area (Å²) in [5.41, 5.74) is 1.21. The van der Waals surface area contributed by atoms with E-state index < -0.39 is 0 Å². The number of non-ortho nitro benzene ring substituents is 1. The number of nitrogens with zero attached hydrogens (tertiary/aromatic N) is 7. The topological polar surface area (TPSA) is 119 Å². The first kappa shape index (κ1) is 18.5. The summed E-state index contributed by atoms with van der Waals surface area (Å²) >= 11 is 0. The fourth-order valence-corrected chi connectivity index (χ4v) is 3.10. The normalized spacial score (nSPS) is 14.4. The van der Waals surface area contributed by atoms with Crippen molar-refractivity contribution in [3.63, 3.8) is 0 Å². The highest BCUT2D eigenvalue weighted by Gasteiger charge is 2.20. The molecule has 3 heterocycles. The summed E-state index contributed by atoms with van der Waals surface area (Å²) in [5.74, 6) is 0.707. The summed E-state index contributed by atoms with van der Waals surface area (Å²) in [4.78, 5) is 12.6. The molecule has 0 spiro atoms. The van der Waals surface area contributed by atoms with Gasteiger partial charge in [-0.25, -0.2) is 0 Å². The number of nitro groups is 1. The van der Waals surface area contributed by atoms with E-state index in [0.717, 1.165) is 44.6 Å². The van der Waals surface area contributed by atoms with E-state index in [2.05, 4.69) is 30.6 Å². The first-order valence-corrected chi connectivity index (χ1v) is 8.85. The summed E-state index contributed by atoms with van der Waals surface area (Å²) in [7, 11) is 0. The highest BCUT2D eigenvalue weighted by atomic mass is 16.6. The molecule has 1 aliphatic heterocycles. The van der Waals surface area contributed by atoms with Crippen molar-refractivity contribution in [3.05, 3.63) is 59.2 Å². The van der Waals surface area contributed by atoms with Crippen LogP contribution in [0.5, 0.6) is 0 Å². The van der Waals surface area contributed by atoms with Crippen LogP contribution in [0, 0.1) is 16.0 Å². The van der Waals surface area contributed by atoms with Crippen molar-refractivity contribution in [2.75, 3.05) is 18.0 Å². The van der Waals surface area contributed by atoms with Gasteiger partial charge in [0.1, 0.15) is 0 Å². The lowest BCUT2D eigenvalue weighted by atomic mass is 9.93. The summed E-state index contributed by atoms with van der Waals surface area (Å²) in [6.07, 6.45) is 10.2. The number of piperidine rings is 1. The smallest absolute Gasteiger partial charge is 0.269 e. The highest BCUT2D eigenvalue weighted by molar-refractivity contribution is 5.51. The molecule has 2 aromatic heterocycles. The molecule has 0 atom stereocenters. The second kappa shape index (κ2) is 9.41. The molecule has 1 N–H and O–H groups in total. The average molecular weight is 370 g/mol. The Morgan fingerprint density at radius 1 is 1.11 bits per heavy atom. The van der Waals surface area contributed by atoms with E-state index in [1.54, 1.807) is 30.7 Å². The van der Waals surface area contributed by atoms with Crippen LogP contribution in [0.1, 0.15) is 19.3 Å². The van der Waals surface area contributed by atoms with Crippen LogP contribution < -0.4 is 4.90 Å². The molecule has 27 heavy (non-hydrogen) atoms. The molecule has 0 radical (unpaired) electrons. The minimum absolute atomic E-state index is 0.145. The lowest BCUT2D eigenvalue weighted by Crippen LogP contribution is -2.33. The number of aromatic nitrogens is 6. The molecule has 142 valence electrons. The Labute approximate surface area is 156 Å². The number of hydrogen-bond acceptors (Lipinski definition) is 7. The molecule has 1 saturated heterocycles. The van der Waals surface area contributed by atoms with Gasteiger partial charge in [-0.3, -0.25) is 14.8 Å². The third-order valence-corrected chi connectivity index (χ3v) is 4.61. The molecule has 1 aromatic carbocycles. The molecule has 0 amide bonds. The minimum atomic E-state index is -0.361. The predicted molar refractivity (Wildman–Crippen MR) is 99.1 cm³/mol. The molecule has 10 nitrogen and oxygen atoms in total. The minimum Gasteiger partial charge on any atom is -0.372 e. The van der Waals surface area contributed by atoms with E-state index in [0.29, 0.717) is 5.92 Å². The van der Waals surface area contributed by atoms with Crippen molar-refractivity contribution in [1.29, 1.82) is 0 Å². The van der Waals surface area contributed by atoms with Gasteiger partial charge in [0, 0.05) is 43.7 Å². The van der Waals surface area contributed by atoms with Gasteiger partial charge in [0.15, 0.2) is 0 Å². The highest BCUT2D eigenvalue weighted by Crippen LogP contribution is 2.26. The van der Waals surface area contributed by atoms with Crippen LogP contribution >= 0.6 is 0 Å². The van der Waals surface area contributed by atoms with Crippen molar-refractivity contribution < 1.29 is 4.92 Å². The molecular weight excluding hydrogens is 348 g/mol. The molecule has 4 rings (SSSR count). The molecule has 10 heteroatoms. The monoisotopic (exact) mass is 370 g/mol. The summed E-state index contributed by atoms with van der Waals surface area (Å²) in [5, 5.41) is 27.8. The molecular formula is C17H22N8O2. The predicted octanol–water partition coefficient (Wildman–Crippen LogP) is 2.30. The molecule has 3 aromatic rings. The second-order valence-electron chi connectivity index (χ2n) is 6.32. The molecule has 0 bridgehead atoms. The van der Waals surface area contributed by atoms with E-state index in [1.807, 2.05) is 23.0 Å². The van der Waals surface area contributed by atoms with Crippen molar-refractivity contribution in [1.82, 2.24) is 30.4 Å². The van der Waals surface area contributed by atoms with Crippen LogP contribution in [-0.4, -0.2) is 48.4 Å². The standard InChI is InChI=1S/C15H19N5O2.C2H3N3/c21-20(22)15-3-1-14(2-4-15)18-9-5-13(6-10-18)7-11-19-12-8-16-17-19;1-2-4-5-3-1/h1-4,8,12-13H,5-7,9-11H2;1-2H,(H,3,4,5). The van der Waals surface area contributed by atoms with Gasteiger partial charge < -0.3 is 4.90 Å². The van der Waals surface area contributed by atoms with Crippen LogP contribution in [-0.2, 0) is 6.54 Å². The number of benzene rings is 1. The maximum Gasteiger partial charge on any atom is 0.269 e. The Bertz CT molecular complexity index is 764. The van der Waals surface area contributed by atoms with Crippen LogP contribution in [0.2, 0.25) is 0 Å². The number of hydrogen-bond donors (Lipinski definition) is 1. The first-order chi connectivity index (χ1) is 13.2. The second-order valence-corrected chi connectivity index (χ2v) is 6.32. The van der Waals surface area contributed by atoms with Gasteiger partial charge in [-0.1, -0.05) is 5.21 Å². The van der Waals surface area contributed by atoms with Crippen LogP contribution in [0.25, 0.3) is 0 Å². The van der Waals surface area contributed by atoms with Gasteiger partial charge in [-0.15, -0.1) is 5.10 Å². The Hall–Kier alpha value is -3.30. The van der Waals surface area contributed by atoms with Crippen LogP contribution in [0.4, 0.5) is 11.4 Å². The van der Waals surface area contributed by atoms with E-state index in [9.17, 15) is 10.1 Å². The molecule has 1 aliphatic rings. The third-order valence-electron chi connectivity index (χ3n) is 4.61.